The monoisotopic (exact) mass is 484 g/mol. The Balaban J connectivity index is 1.86. The summed E-state index contributed by atoms with van der Waals surface area (Å²) < 4.78 is 28.0. The van der Waals surface area contributed by atoms with Gasteiger partial charge in [0.25, 0.3) is 10.0 Å². The highest BCUT2D eigenvalue weighted by Crippen LogP contribution is 2.26. The Morgan fingerprint density at radius 1 is 0.939 bits per heavy atom. The lowest BCUT2D eigenvalue weighted by molar-refractivity contribution is -0.119. The number of aryl methyl sites for hydroxylation is 3. The number of halogens is 1. The summed E-state index contributed by atoms with van der Waals surface area (Å²) in [6.45, 7) is 6.02. The quantitative estimate of drug-likeness (QED) is 0.449. The van der Waals surface area contributed by atoms with Crippen molar-refractivity contribution in [2.75, 3.05) is 10.8 Å². The lowest BCUT2D eigenvalue weighted by Crippen LogP contribution is -2.40. The molecule has 0 aromatic heterocycles. The minimum atomic E-state index is -3.98. The van der Waals surface area contributed by atoms with Gasteiger partial charge in [-0.05, 0) is 66.8 Å². The van der Waals surface area contributed by atoms with Crippen molar-refractivity contribution in [2.24, 2.45) is 0 Å². The van der Waals surface area contributed by atoms with E-state index in [-0.39, 0.29) is 11.4 Å². The number of hydrogen-bond donors (Lipinski definition) is 1. The van der Waals surface area contributed by atoms with E-state index >= 15 is 0 Å². The van der Waals surface area contributed by atoms with Gasteiger partial charge in [0, 0.05) is 11.6 Å². The van der Waals surface area contributed by atoms with Crippen LogP contribution in [0.2, 0.25) is 5.02 Å². The molecule has 1 amide bonds. The molecule has 0 heterocycles. The van der Waals surface area contributed by atoms with E-state index in [2.05, 4.69) is 37.4 Å². The maximum atomic E-state index is 13.5. The van der Waals surface area contributed by atoms with Gasteiger partial charge < -0.3 is 5.32 Å². The van der Waals surface area contributed by atoms with Crippen LogP contribution in [0.3, 0.4) is 0 Å². The van der Waals surface area contributed by atoms with Crippen LogP contribution in [0.25, 0.3) is 0 Å². The summed E-state index contributed by atoms with van der Waals surface area (Å²) in [5, 5.41) is 3.28. The molecule has 0 aliphatic carbocycles. The molecule has 0 aliphatic rings. The van der Waals surface area contributed by atoms with Gasteiger partial charge in [-0.1, -0.05) is 67.4 Å². The average Bonchev–Trinajstić information content (AvgIpc) is 2.81. The first kappa shape index (κ1) is 24.8. The molecule has 0 aliphatic heterocycles. The highest BCUT2D eigenvalue weighted by atomic mass is 35.5. The second-order valence-electron chi connectivity index (χ2n) is 7.89. The van der Waals surface area contributed by atoms with Crippen LogP contribution in [0.1, 0.15) is 36.1 Å². The first-order valence-electron chi connectivity index (χ1n) is 11.0. The van der Waals surface area contributed by atoms with E-state index in [1.807, 2.05) is 6.92 Å². The Hall–Kier alpha value is -2.83. The fourth-order valence-corrected chi connectivity index (χ4v) is 5.17. The summed E-state index contributed by atoms with van der Waals surface area (Å²) in [6, 6.07) is 19.3. The molecule has 0 fully saturated rings. The molecule has 3 aromatic carbocycles. The van der Waals surface area contributed by atoms with Crippen LogP contribution in [-0.4, -0.2) is 20.9 Å². The predicted molar refractivity (Wildman–Crippen MR) is 134 cm³/mol. The van der Waals surface area contributed by atoms with Gasteiger partial charge in [-0.25, -0.2) is 8.42 Å². The molecule has 0 saturated heterocycles. The smallest absolute Gasteiger partial charge is 0.264 e. The summed E-state index contributed by atoms with van der Waals surface area (Å²) in [5.41, 5.74) is 4.67. The third kappa shape index (κ3) is 6.15. The molecule has 33 heavy (non-hydrogen) atoms. The summed E-state index contributed by atoms with van der Waals surface area (Å²) in [6.07, 6.45) is 1.76. The number of benzene rings is 3. The Morgan fingerprint density at radius 2 is 1.67 bits per heavy atom. The fourth-order valence-electron chi connectivity index (χ4n) is 3.57. The van der Waals surface area contributed by atoms with Crippen LogP contribution >= 0.6 is 11.6 Å². The number of carbonyl (C=O) groups is 1. The molecule has 0 spiro atoms. The van der Waals surface area contributed by atoms with E-state index in [0.29, 0.717) is 17.3 Å². The number of sulfonamides is 1. The molecule has 174 valence electrons. The van der Waals surface area contributed by atoms with Crippen LogP contribution in [0.5, 0.6) is 0 Å². The van der Waals surface area contributed by atoms with Gasteiger partial charge in [0.1, 0.15) is 6.54 Å². The van der Waals surface area contributed by atoms with Gasteiger partial charge in [0.05, 0.1) is 10.6 Å². The SMILES string of the molecule is CCc1ccc(CC)c(CNC(=O)CN(c2cccc(Cl)c2)S(=O)(=O)c2ccc(C)cc2)c1. The van der Waals surface area contributed by atoms with Crippen molar-refractivity contribution in [3.8, 4) is 0 Å². The van der Waals surface area contributed by atoms with Gasteiger partial charge in [-0.3, -0.25) is 9.10 Å². The van der Waals surface area contributed by atoms with E-state index in [1.165, 1.54) is 5.56 Å². The number of rotatable bonds is 9. The first-order valence-corrected chi connectivity index (χ1v) is 12.8. The molecule has 3 aromatic rings. The molecule has 0 unspecified atom stereocenters. The standard InChI is InChI=1S/C26H29ClN2O3S/c1-4-20-11-12-21(5-2)22(15-20)17-28-26(30)18-29(24-8-6-7-23(27)16-24)33(31,32)25-13-9-19(3)10-14-25/h6-16H,4-5,17-18H2,1-3H3,(H,28,30). The van der Waals surface area contributed by atoms with Gasteiger partial charge in [-0.2, -0.15) is 0 Å². The fraction of sp³-hybridized carbons (Fsp3) is 0.269. The second kappa shape index (κ2) is 10.9. The molecule has 0 bridgehead atoms. The van der Waals surface area contributed by atoms with Gasteiger partial charge in [0.15, 0.2) is 0 Å². The van der Waals surface area contributed by atoms with Crippen LogP contribution in [-0.2, 0) is 34.2 Å². The van der Waals surface area contributed by atoms with Crippen molar-refractivity contribution in [1.29, 1.82) is 0 Å². The Bertz CT molecular complexity index is 1220. The summed E-state index contributed by atoms with van der Waals surface area (Å²) >= 11 is 6.12. The van der Waals surface area contributed by atoms with Crippen molar-refractivity contribution in [3.05, 3.63) is 94.0 Å². The van der Waals surface area contributed by atoms with Crippen molar-refractivity contribution in [2.45, 2.75) is 45.1 Å². The molecule has 3 rings (SSSR count). The highest BCUT2D eigenvalue weighted by molar-refractivity contribution is 7.92. The number of hydrogen-bond acceptors (Lipinski definition) is 3. The van der Waals surface area contributed by atoms with E-state index in [9.17, 15) is 13.2 Å². The molecule has 7 heteroatoms. The van der Waals surface area contributed by atoms with E-state index < -0.39 is 15.9 Å². The number of amides is 1. The van der Waals surface area contributed by atoms with E-state index in [1.54, 1.807) is 48.5 Å². The summed E-state index contributed by atoms with van der Waals surface area (Å²) in [7, 11) is -3.98. The zero-order valence-corrected chi connectivity index (χ0v) is 20.7. The van der Waals surface area contributed by atoms with Gasteiger partial charge >= 0.3 is 0 Å². The van der Waals surface area contributed by atoms with Crippen LogP contribution in [0.4, 0.5) is 5.69 Å². The maximum Gasteiger partial charge on any atom is 0.264 e. The average molecular weight is 485 g/mol. The zero-order valence-electron chi connectivity index (χ0n) is 19.1. The second-order valence-corrected chi connectivity index (χ2v) is 10.2. The molecule has 0 saturated carbocycles. The lowest BCUT2D eigenvalue weighted by Gasteiger charge is -2.24. The molecular formula is C26H29ClN2O3S. The Labute approximate surface area is 201 Å². The van der Waals surface area contributed by atoms with Crippen molar-refractivity contribution >= 4 is 33.2 Å². The van der Waals surface area contributed by atoms with Gasteiger partial charge in [0.2, 0.25) is 5.91 Å². The topological polar surface area (TPSA) is 66.5 Å². The maximum absolute atomic E-state index is 13.5. The molecule has 1 N–H and O–H groups in total. The Kier molecular flexibility index (Phi) is 8.16. The summed E-state index contributed by atoms with van der Waals surface area (Å²) in [5.74, 6) is -0.394. The van der Waals surface area contributed by atoms with Crippen molar-refractivity contribution < 1.29 is 13.2 Å². The third-order valence-electron chi connectivity index (χ3n) is 5.53. The first-order chi connectivity index (χ1) is 15.7. The molecule has 0 atom stereocenters. The van der Waals surface area contributed by atoms with Crippen LogP contribution in [0, 0.1) is 6.92 Å². The zero-order chi connectivity index (χ0) is 24.0. The van der Waals surface area contributed by atoms with Crippen molar-refractivity contribution in [1.82, 2.24) is 5.32 Å². The predicted octanol–water partition coefficient (Wildman–Crippen LogP) is 5.28. The minimum absolute atomic E-state index is 0.116. The lowest BCUT2D eigenvalue weighted by atomic mass is 10.0. The Morgan fingerprint density at radius 3 is 2.30 bits per heavy atom. The molecular weight excluding hydrogens is 456 g/mol. The molecule has 5 nitrogen and oxygen atoms in total. The largest absolute Gasteiger partial charge is 0.350 e. The normalized spacial score (nSPS) is 11.3. The van der Waals surface area contributed by atoms with Crippen molar-refractivity contribution in [3.63, 3.8) is 0 Å². The van der Waals surface area contributed by atoms with Gasteiger partial charge in [-0.15, -0.1) is 0 Å². The number of anilines is 1. The van der Waals surface area contributed by atoms with Crippen LogP contribution < -0.4 is 9.62 Å². The third-order valence-corrected chi connectivity index (χ3v) is 7.55. The minimum Gasteiger partial charge on any atom is -0.350 e. The molecule has 0 radical (unpaired) electrons. The van der Waals surface area contributed by atoms with Crippen LogP contribution in [0.15, 0.2) is 71.6 Å². The highest BCUT2D eigenvalue weighted by Gasteiger charge is 2.27. The summed E-state index contributed by atoms with van der Waals surface area (Å²) in [4.78, 5) is 13.0. The van der Waals surface area contributed by atoms with E-state index in [0.717, 1.165) is 33.8 Å². The van der Waals surface area contributed by atoms with E-state index in [4.69, 9.17) is 11.6 Å². The number of carbonyl (C=O) groups excluding carboxylic acids is 1. The number of nitrogens with zero attached hydrogens (tertiary/aromatic N) is 1. The number of nitrogens with one attached hydrogen (secondary N) is 1.